The summed E-state index contributed by atoms with van der Waals surface area (Å²) in [5.41, 5.74) is 0.957. The van der Waals surface area contributed by atoms with E-state index in [1.807, 2.05) is 31.3 Å². The van der Waals surface area contributed by atoms with Crippen molar-refractivity contribution in [3.05, 3.63) is 29.8 Å². The summed E-state index contributed by atoms with van der Waals surface area (Å²) in [5.74, 6) is 5.96. The van der Waals surface area contributed by atoms with E-state index in [1.54, 1.807) is 28.5 Å². The predicted molar refractivity (Wildman–Crippen MR) is 156 cm³/mol. The minimum atomic E-state index is -0.446. The van der Waals surface area contributed by atoms with Crippen molar-refractivity contribution in [2.75, 3.05) is 85.5 Å². The van der Waals surface area contributed by atoms with Crippen LogP contribution in [0.15, 0.2) is 29.2 Å². The third kappa shape index (κ3) is 22.5. The van der Waals surface area contributed by atoms with Crippen LogP contribution in [0.3, 0.4) is 0 Å². The molecule has 0 bridgehead atoms. The molecule has 0 saturated carbocycles. The number of hydrogen-bond acceptors (Lipinski definition) is 10. The summed E-state index contributed by atoms with van der Waals surface area (Å²) in [6, 6.07) is 7.93. The van der Waals surface area contributed by atoms with Crippen molar-refractivity contribution in [1.29, 1.82) is 0 Å². The van der Waals surface area contributed by atoms with Crippen LogP contribution in [0.1, 0.15) is 25.3 Å². The van der Waals surface area contributed by atoms with Crippen LogP contribution in [0.25, 0.3) is 0 Å². The fourth-order valence-electron chi connectivity index (χ4n) is 2.80. The first-order valence-corrected chi connectivity index (χ1v) is 15.4. The lowest BCUT2D eigenvalue weighted by atomic mass is 10.1. The maximum atomic E-state index is 12.1. The Balaban J connectivity index is 1.95. The number of hydrogen-bond donors (Lipinski definition) is 3. The fraction of sp³-hybridized carbons (Fsp3) is 0.630. The zero-order chi connectivity index (χ0) is 28.2. The first-order chi connectivity index (χ1) is 19.2. The predicted octanol–water partition coefficient (Wildman–Crippen LogP) is 2.86. The van der Waals surface area contributed by atoms with Crippen molar-refractivity contribution in [2.45, 2.75) is 31.1 Å². The molecule has 0 aliphatic rings. The Labute approximate surface area is 240 Å². The molecule has 0 atom stereocenters. The first-order valence-electron chi connectivity index (χ1n) is 13.1. The quantitative estimate of drug-likeness (QED) is 0.0724. The Kier molecular flexibility index (Phi) is 23.6. The third-order valence-electron chi connectivity index (χ3n) is 4.80. The normalized spacial score (nSPS) is 10.5. The molecule has 1 aromatic rings. The lowest BCUT2D eigenvalue weighted by Crippen LogP contribution is -2.29. The van der Waals surface area contributed by atoms with Crippen molar-refractivity contribution in [3.63, 3.8) is 0 Å². The second-order valence-corrected chi connectivity index (χ2v) is 10.3. The summed E-state index contributed by atoms with van der Waals surface area (Å²) in [4.78, 5) is 24.6. The van der Waals surface area contributed by atoms with Gasteiger partial charge in [-0.15, -0.1) is 5.92 Å². The number of alkyl carbamates (subject to hydrolysis) is 1. The molecule has 0 radical (unpaired) electrons. The minimum Gasteiger partial charge on any atom is -0.450 e. The van der Waals surface area contributed by atoms with Crippen molar-refractivity contribution in [3.8, 4) is 11.8 Å². The number of rotatable bonds is 24. The molecule has 220 valence electrons. The zero-order valence-electron chi connectivity index (χ0n) is 23.1. The number of likely N-dealkylation sites (N-methyl/N-ethyl adjacent to an activating group) is 1. The second kappa shape index (κ2) is 26.3. The molecule has 1 aromatic carbocycles. The minimum absolute atomic E-state index is 0.0337. The van der Waals surface area contributed by atoms with Gasteiger partial charge in [-0.05, 0) is 44.5 Å². The lowest BCUT2D eigenvalue weighted by molar-refractivity contribution is -0.120. The van der Waals surface area contributed by atoms with E-state index in [2.05, 4.69) is 27.8 Å². The van der Waals surface area contributed by atoms with Crippen LogP contribution < -0.4 is 16.0 Å². The smallest absolute Gasteiger partial charge is 0.407 e. The second-order valence-electron chi connectivity index (χ2n) is 7.96. The number of benzene rings is 1. The Morgan fingerprint density at radius 2 is 1.49 bits per heavy atom. The van der Waals surface area contributed by atoms with E-state index in [0.29, 0.717) is 78.3 Å². The van der Waals surface area contributed by atoms with Crippen molar-refractivity contribution in [2.24, 2.45) is 0 Å². The molecule has 0 heterocycles. The molecule has 12 heteroatoms. The number of nitrogens with one attached hydrogen (secondary N) is 3. The van der Waals surface area contributed by atoms with Crippen LogP contribution in [0.5, 0.6) is 0 Å². The fourth-order valence-corrected chi connectivity index (χ4v) is 4.51. The van der Waals surface area contributed by atoms with Crippen molar-refractivity contribution < 1.29 is 33.3 Å². The molecule has 0 unspecified atom stereocenters. The average molecular weight is 586 g/mol. The molecular weight excluding hydrogens is 542 g/mol. The van der Waals surface area contributed by atoms with Gasteiger partial charge >= 0.3 is 6.09 Å². The van der Waals surface area contributed by atoms with Gasteiger partial charge in [-0.1, -0.05) is 39.6 Å². The van der Waals surface area contributed by atoms with Crippen LogP contribution >= 0.6 is 21.6 Å². The topological polar surface area (TPSA) is 116 Å². The van der Waals surface area contributed by atoms with E-state index in [-0.39, 0.29) is 5.91 Å². The standard InChI is InChI=1S/C27H43N3O7S2/c1-3-4-11-30-27(32)37-15-6-5-14-36-23-38-39-25-9-7-24(8-10-25)22-26(31)29-13-17-34-19-21-35-20-18-33-16-12-28-2/h7-10,28H,5-6,11-23H2,1-2H3,(H,29,31)(H,30,32). The van der Waals surface area contributed by atoms with E-state index in [1.165, 1.54) is 0 Å². The molecule has 0 saturated heterocycles. The number of carbonyl (C=O) groups excluding carboxylic acids is 2. The molecule has 0 aliphatic carbocycles. The molecule has 39 heavy (non-hydrogen) atoms. The van der Waals surface area contributed by atoms with Gasteiger partial charge < -0.3 is 39.6 Å². The maximum absolute atomic E-state index is 12.1. The Morgan fingerprint density at radius 1 is 0.821 bits per heavy atom. The molecule has 0 fully saturated rings. The molecule has 0 aliphatic heterocycles. The SMILES string of the molecule is CC#CCNC(=O)OCCCCOCSSc1ccc(CC(=O)NCCOCCOCCOCCNC)cc1. The van der Waals surface area contributed by atoms with E-state index >= 15 is 0 Å². The third-order valence-corrected chi connectivity index (χ3v) is 6.86. The molecule has 0 aromatic heterocycles. The largest absolute Gasteiger partial charge is 0.450 e. The van der Waals surface area contributed by atoms with Crippen LogP contribution in [-0.2, 0) is 34.9 Å². The van der Waals surface area contributed by atoms with Gasteiger partial charge in [-0.2, -0.15) is 0 Å². The van der Waals surface area contributed by atoms with E-state index in [4.69, 9.17) is 23.7 Å². The molecule has 1 rings (SSSR count). The van der Waals surface area contributed by atoms with Crippen LogP contribution in [0, 0.1) is 11.8 Å². The van der Waals surface area contributed by atoms with Gasteiger partial charge in [0.2, 0.25) is 5.91 Å². The van der Waals surface area contributed by atoms with E-state index in [0.717, 1.165) is 29.8 Å². The number of unbranched alkanes of at least 4 members (excludes halogenated alkanes) is 1. The number of carbonyl (C=O) groups is 2. The van der Waals surface area contributed by atoms with Gasteiger partial charge in [0, 0.05) is 24.6 Å². The Morgan fingerprint density at radius 3 is 2.18 bits per heavy atom. The Hall–Kier alpha value is -1.98. The van der Waals surface area contributed by atoms with Crippen LogP contribution in [-0.4, -0.2) is 97.5 Å². The highest BCUT2D eigenvalue weighted by Crippen LogP contribution is 2.31. The maximum Gasteiger partial charge on any atom is 0.407 e. The van der Waals surface area contributed by atoms with Crippen LogP contribution in [0.4, 0.5) is 4.79 Å². The van der Waals surface area contributed by atoms with Gasteiger partial charge in [0.1, 0.15) is 5.94 Å². The van der Waals surface area contributed by atoms with E-state index in [9.17, 15) is 9.59 Å². The summed E-state index contributed by atoms with van der Waals surface area (Å²) in [6.07, 6.45) is 1.45. The van der Waals surface area contributed by atoms with Gasteiger partial charge in [0.05, 0.1) is 59.2 Å². The van der Waals surface area contributed by atoms with Gasteiger partial charge in [0.15, 0.2) is 0 Å². The molecule has 2 amide bonds. The van der Waals surface area contributed by atoms with Crippen molar-refractivity contribution in [1.82, 2.24) is 16.0 Å². The van der Waals surface area contributed by atoms with Gasteiger partial charge in [-0.3, -0.25) is 4.79 Å². The molecule has 3 N–H and O–H groups in total. The van der Waals surface area contributed by atoms with E-state index < -0.39 is 6.09 Å². The summed E-state index contributed by atoms with van der Waals surface area (Å²) in [5, 5.41) is 8.43. The molecule has 0 spiro atoms. The molecule has 10 nitrogen and oxygen atoms in total. The summed E-state index contributed by atoms with van der Waals surface area (Å²) in [6.45, 7) is 7.51. The average Bonchev–Trinajstić information content (AvgIpc) is 2.93. The highest BCUT2D eigenvalue weighted by Gasteiger charge is 2.04. The summed E-state index contributed by atoms with van der Waals surface area (Å²) >= 11 is 0. The summed E-state index contributed by atoms with van der Waals surface area (Å²) < 4.78 is 26.9. The molecular formula is C27H43N3O7S2. The lowest BCUT2D eigenvalue weighted by Gasteiger charge is -2.08. The monoisotopic (exact) mass is 585 g/mol. The highest BCUT2D eigenvalue weighted by atomic mass is 33.1. The Bertz CT molecular complexity index is 820. The number of amides is 2. The zero-order valence-corrected chi connectivity index (χ0v) is 24.7. The highest BCUT2D eigenvalue weighted by molar-refractivity contribution is 8.76. The van der Waals surface area contributed by atoms with Crippen molar-refractivity contribution >= 4 is 33.6 Å². The first kappa shape index (κ1) is 35.0. The van der Waals surface area contributed by atoms with Gasteiger partial charge in [0.25, 0.3) is 0 Å². The summed E-state index contributed by atoms with van der Waals surface area (Å²) in [7, 11) is 5.12. The van der Waals surface area contributed by atoms with Crippen LogP contribution in [0.2, 0.25) is 0 Å². The van der Waals surface area contributed by atoms with Gasteiger partial charge in [-0.25, -0.2) is 4.79 Å². The number of ether oxygens (including phenoxy) is 5.